The van der Waals surface area contributed by atoms with Crippen LogP contribution in [0.1, 0.15) is 16.8 Å². The molecule has 1 aromatic carbocycles. The Kier molecular flexibility index (Phi) is 4.40. The van der Waals surface area contributed by atoms with E-state index in [1.165, 1.54) is 17.4 Å². The zero-order valence-electron chi connectivity index (χ0n) is 16.3. The van der Waals surface area contributed by atoms with Gasteiger partial charge in [-0.2, -0.15) is 23.3 Å². The fourth-order valence-corrected chi connectivity index (χ4v) is 3.81. The van der Waals surface area contributed by atoms with Crippen LogP contribution < -0.4 is 0 Å². The van der Waals surface area contributed by atoms with Gasteiger partial charge < -0.3 is 4.52 Å². The largest absolute Gasteiger partial charge is 0.433 e. The van der Waals surface area contributed by atoms with Crippen molar-refractivity contribution >= 4 is 17.0 Å². The van der Waals surface area contributed by atoms with Crippen LogP contribution in [0.15, 0.2) is 52.4 Å². The van der Waals surface area contributed by atoms with Crippen molar-refractivity contribution in [1.29, 1.82) is 0 Å². The summed E-state index contributed by atoms with van der Waals surface area (Å²) in [6.45, 7) is 3.84. The Bertz CT molecular complexity index is 1400. The van der Waals surface area contributed by atoms with Crippen molar-refractivity contribution in [3.05, 3.63) is 64.7 Å². The molecule has 0 unspecified atom stereocenters. The maximum absolute atomic E-state index is 13.8. The van der Waals surface area contributed by atoms with Gasteiger partial charge in [0.15, 0.2) is 17.0 Å². The average molecular weight is 441 g/mol. The molecular formula is C21H14F3N5OS. The minimum atomic E-state index is -4.63. The standard InChI is InChI=1S/C21H14F3N5OS/c1-11-5-6-13(8-12(11)2)14-9-17(21(22,23)24)29-18(25-14)10-15(27-29)20-26-19(28-30-20)16-4-3-7-31-16/h3-10H,1-2H3. The summed E-state index contributed by atoms with van der Waals surface area (Å²) in [7, 11) is 0. The summed E-state index contributed by atoms with van der Waals surface area (Å²) < 4.78 is 47.5. The molecule has 0 aliphatic heterocycles. The van der Waals surface area contributed by atoms with Gasteiger partial charge in [-0.1, -0.05) is 23.4 Å². The van der Waals surface area contributed by atoms with Gasteiger partial charge in [0.1, 0.15) is 0 Å². The number of rotatable bonds is 3. The molecule has 10 heteroatoms. The number of hydrogen-bond donors (Lipinski definition) is 0. The van der Waals surface area contributed by atoms with Crippen LogP contribution in [-0.4, -0.2) is 24.7 Å². The number of hydrogen-bond acceptors (Lipinski definition) is 6. The van der Waals surface area contributed by atoms with E-state index in [1.54, 1.807) is 6.07 Å². The summed E-state index contributed by atoms with van der Waals surface area (Å²) in [6.07, 6.45) is -4.63. The molecule has 0 atom stereocenters. The molecule has 0 fully saturated rings. The maximum atomic E-state index is 13.8. The molecular weight excluding hydrogens is 427 g/mol. The van der Waals surface area contributed by atoms with Crippen molar-refractivity contribution in [2.45, 2.75) is 20.0 Å². The molecule has 0 amide bonds. The van der Waals surface area contributed by atoms with Gasteiger partial charge in [0.05, 0.1) is 10.6 Å². The summed E-state index contributed by atoms with van der Waals surface area (Å²) >= 11 is 1.43. The summed E-state index contributed by atoms with van der Waals surface area (Å²) in [5, 5.41) is 9.81. The number of benzene rings is 1. The second-order valence-corrected chi connectivity index (χ2v) is 7.97. The highest BCUT2D eigenvalue weighted by Gasteiger charge is 2.35. The van der Waals surface area contributed by atoms with Crippen LogP contribution in [0.4, 0.5) is 13.2 Å². The van der Waals surface area contributed by atoms with Crippen LogP contribution >= 0.6 is 11.3 Å². The predicted molar refractivity (Wildman–Crippen MR) is 110 cm³/mol. The lowest BCUT2D eigenvalue weighted by atomic mass is 10.0. The Morgan fingerprint density at radius 3 is 2.52 bits per heavy atom. The summed E-state index contributed by atoms with van der Waals surface area (Å²) in [5.41, 5.74) is 2.03. The number of aromatic nitrogens is 5. The average Bonchev–Trinajstić information content (AvgIpc) is 3.47. The van der Waals surface area contributed by atoms with Gasteiger partial charge in [0.2, 0.25) is 5.82 Å². The molecule has 0 saturated carbocycles. The van der Waals surface area contributed by atoms with Gasteiger partial charge in [-0.25, -0.2) is 9.50 Å². The SMILES string of the molecule is Cc1ccc(-c2cc(C(F)(F)F)n3nc(-c4nc(-c5cccs5)no4)cc3n2)cc1C. The topological polar surface area (TPSA) is 69.1 Å². The van der Waals surface area contributed by atoms with Crippen LogP contribution in [0.2, 0.25) is 0 Å². The van der Waals surface area contributed by atoms with E-state index in [2.05, 4.69) is 20.2 Å². The summed E-state index contributed by atoms with van der Waals surface area (Å²) in [6, 6.07) is 11.5. The van der Waals surface area contributed by atoms with Crippen LogP contribution in [0.5, 0.6) is 0 Å². The second-order valence-electron chi connectivity index (χ2n) is 7.02. The maximum Gasteiger partial charge on any atom is 0.433 e. The number of halogens is 3. The highest BCUT2D eigenvalue weighted by molar-refractivity contribution is 7.13. The molecule has 156 valence electrons. The Morgan fingerprint density at radius 2 is 1.81 bits per heavy atom. The monoisotopic (exact) mass is 441 g/mol. The van der Waals surface area contributed by atoms with E-state index in [0.29, 0.717) is 11.4 Å². The van der Waals surface area contributed by atoms with Crippen molar-refractivity contribution in [3.63, 3.8) is 0 Å². The molecule has 0 N–H and O–H groups in total. The van der Waals surface area contributed by atoms with Crippen LogP contribution in [0.25, 0.3) is 39.2 Å². The molecule has 0 aliphatic carbocycles. The Hall–Kier alpha value is -3.53. The number of fused-ring (bicyclic) bond motifs is 1. The number of alkyl halides is 3. The Balaban J connectivity index is 1.66. The van der Waals surface area contributed by atoms with Crippen molar-refractivity contribution in [1.82, 2.24) is 24.7 Å². The second kappa shape index (κ2) is 7.02. The first-order chi connectivity index (χ1) is 14.8. The zero-order chi connectivity index (χ0) is 21.8. The number of aryl methyl sites for hydroxylation is 2. The minimum Gasteiger partial charge on any atom is -0.332 e. The van der Waals surface area contributed by atoms with Crippen molar-refractivity contribution in [2.24, 2.45) is 0 Å². The molecule has 0 spiro atoms. The van der Waals surface area contributed by atoms with Gasteiger partial charge in [-0.15, -0.1) is 11.3 Å². The smallest absolute Gasteiger partial charge is 0.332 e. The van der Waals surface area contributed by atoms with Crippen LogP contribution in [-0.2, 0) is 6.18 Å². The van der Waals surface area contributed by atoms with Gasteiger partial charge in [0, 0.05) is 11.6 Å². The van der Waals surface area contributed by atoms with E-state index in [9.17, 15) is 13.2 Å². The van der Waals surface area contributed by atoms with Crippen LogP contribution in [0, 0.1) is 13.8 Å². The first-order valence-corrected chi connectivity index (χ1v) is 10.1. The molecule has 6 nitrogen and oxygen atoms in total. The van der Waals surface area contributed by atoms with E-state index >= 15 is 0 Å². The van der Waals surface area contributed by atoms with Gasteiger partial charge in [0.25, 0.3) is 5.89 Å². The first kappa shape index (κ1) is 19.4. The molecule has 31 heavy (non-hydrogen) atoms. The predicted octanol–water partition coefficient (Wildman–Crippen LogP) is 5.81. The van der Waals surface area contributed by atoms with E-state index in [1.807, 2.05) is 43.5 Å². The van der Waals surface area contributed by atoms with Crippen LogP contribution in [0.3, 0.4) is 0 Å². The van der Waals surface area contributed by atoms with E-state index in [0.717, 1.165) is 26.6 Å². The summed E-state index contributed by atoms with van der Waals surface area (Å²) in [5.74, 6) is 0.372. The van der Waals surface area contributed by atoms with E-state index in [4.69, 9.17) is 4.52 Å². The van der Waals surface area contributed by atoms with Crippen molar-refractivity contribution in [2.75, 3.05) is 0 Å². The third-order valence-electron chi connectivity index (χ3n) is 4.91. The highest BCUT2D eigenvalue weighted by Crippen LogP contribution is 2.34. The lowest BCUT2D eigenvalue weighted by Gasteiger charge is -2.11. The molecule has 0 radical (unpaired) electrons. The highest BCUT2D eigenvalue weighted by atomic mass is 32.1. The number of thiophene rings is 1. The lowest BCUT2D eigenvalue weighted by molar-refractivity contribution is -0.142. The Morgan fingerprint density at radius 1 is 0.968 bits per heavy atom. The molecule has 0 aliphatic rings. The Labute approximate surface area is 178 Å². The van der Waals surface area contributed by atoms with E-state index in [-0.39, 0.29) is 22.9 Å². The zero-order valence-corrected chi connectivity index (χ0v) is 17.1. The van der Waals surface area contributed by atoms with Gasteiger partial charge in [-0.05, 0) is 48.6 Å². The third-order valence-corrected chi connectivity index (χ3v) is 5.77. The minimum absolute atomic E-state index is 0.0229. The summed E-state index contributed by atoms with van der Waals surface area (Å²) in [4.78, 5) is 9.45. The number of nitrogens with zero attached hydrogens (tertiary/aromatic N) is 5. The molecule has 0 saturated heterocycles. The van der Waals surface area contributed by atoms with Crippen molar-refractivity contribution < 1.29 is 17.7 Å². The fraction of sp³-hybridized carbons (Fsp3) is 0.143. The molecule has 4 aromatic heterocycles. The van der Waals surface area contributed by atoms with Crippen molar-refractivity contribution in [3.8, 4) is 33.5 Å². The lowest BCUT2D eigenvalue weighted by Crippen LogP contribution is -2.13. The van der Waals surface area contributed by atoms with E-state index < -0.39 is 11.9 Å². The molecule has 5 aromatic rings. The third kappa shape index (κ3) is 3.48. The quantitative estimate of drug-likeness (QED) is 0.353. The normalized spacial score (nSPS) is 12.0. The molecule has 5 rings (SSSR count). The molecule has 0 bridgehead atoms. The van der Waals surface area contributed by atoms with Gasteiger partial charge in [-0.3, -0.25) is 0 Å². The molecule has 4 heterocycles. The van der Waals surface area contributed by atoms with Gasteiger partial charge >= 0.3 is 6.18 Å². The fourth-order valence-electron chi connectivity index (χ4n) is 3.16. The first-order valence-electron chi connectivity index (χ1n) is 9.23.